The Morgan fingerprint density at radius 3 is 1.76 bits per heavy atom. The normalized spacial score (nSPS) is 14.7. The molecule has 1 unspecified atom stereocenters. The van der Waals surface area contributed by atoms with Crippen LogP contribution in [0.3, 0.4) is 0 Å². The Hall–Kier alpha value is -1.18. The molecule has 0 aliphatic rings. The largest absolute Gasteiger partial charge is 0.465 e. The summed E-state index contributed by atoms with van der Waals surface area (Å²) in [6.45, 7) is 17.2. The fourth-order valence-electron chi connectivity index (χ4n) is 3.30. The van der Waals surface area contributed by atoms with Crippen LogP contribution in [-0.2, 0) is 23.8 Å². The second-order valence-electron chi connectivity index (χ2n) is 11.5. The summed E-state index contributed by atoms with van der Waals surface area (Å²) in [5.74, 6) is -0.645. The van der Waals surface area contributed by atoms with Crippen molar-refractivity contribution in [2.45, 2.75) is 86.2 Å². The molecule has 0 aliphatic carbocycles. The van der Waals surface area contributed by atoms with Crippen LogP contribution in [0.25, 0.3) is 0 Å². The van der Waals surface area contributed by atoms with Crippen LogP contribution in [-0.4, -0.2) is 94.6 Å². The van der Waals surface area contributed by atoms with E-state index >= 15 is 0 Å². The molecular formula is C27H55N2O5+. The number of carbonyl (C=O) groups excluding carboxylic acids is 2. The monoisotopic (exact) mass is 487 g/mol. The van der Waals surface area contributed by atoms with Crippen LogP contribution in [0, 0.1) is 10.8 Å². The molecule has 0 aromatic heterocycles. The van der Waals surface area contributed by atoms with Gasteiger partial charge in [0.05, 0.1) is 51.4 Å². The molecule has 0 saturated heterocycles. The zero-order valence-corrected chi connectivity index (χ0v) is 24.2. The third-order valence-corrected chi connectivity index (χ3v) is 7.60. The summed E-state index contributed by atoms with van der Waals surface area (Å²) in [6, 6.07) is 0. The first kappa shape index (κ1) is 32.8. The van der Waals surface area contributed by atoms with E-state index in [0.717, 1.165) is 43.4 Å². The number of esters is 2. The lowest BCUT2D eigenvalue weighted by molar-refractivity contribution is -0.890. The second-order valence-corrected chi connectivity index (χ2v) is 11.5. The van der Waals surface area contributed by atoms with E-state index in [1.807, 2.05) is 27.7 Å². The SMILES string of the molecule is CCC(C)(CC)OCC(C)(COC(=O)C(C)(CC)CC)C(=O)OCCC[N+](C)(C)CCN(C)C. The summed E-state index contributed by atoms with van der Waals surface area (Å²) >= 11 is 0. The van der Waals surface area contributed by atoms with Gasteiger partial charge in [-0.2, -0.15) is 0 Å². The summed E-state index contributed by atoms with van der Waals surface area (Å²) in [7, 11) is 8.53. The molecule has 0 saturated carbocycles. The van der Waals surface area contributed by atoms with E-state index in [9.17, 15) is 9.59 Å². The molecular weight excluding hydrogens is 432 g/mol. The van der Waals surface area contributed by atoms with Crippen LogP contribution < -0.4 is 0 Å². The lowest BCUT2D eigenvalue weighted by Gasteiger charge is -2.35. The van der Waals surface area contributed by atoms with Crippen molar-refractivity contribution in [1.29, 1.82) is 0 Å². The number of nitrogens with zero attached hydrogens (tertiary/aromatic N) is 2. The van der Waals surface area contributed by atoms with Crippen molar-refractivity contribution < 1.29 is 28.3 Å². The Balaban J connectivity index is 5.19. The minimum atomic E-state index is -1.06. The second kappa shape index (κ2) is 14.4. The molecule has 0 rings (SSSR count). The van der Waals surface area contributed by atoms with Crippen molar-refractivity contribution in [3.63, 3.8) is 0 Å². The fraction of sp³-hybridized carbons (Fsp3) is 0.926. The molecule has 0 aromatic carbocycles. The lowest BCUT2D eigenvalue weighted by atomic mass is 9.84. The molecule has 0 radical (unpaired) electrons. The molecule has 0 spiro atoms. The van der Waals surface area contributed by atoms with Crippen molar-refractivity contribution in [1.82, 2.24) is 4.90 Å². The predicted octanol–water partition coefficient (Wildman–Crippen LogP) is 4.53. The highest BCUT2D eigenvalue weighted by Crippen LogP contribution is 2.30. The van der Waals surface area contributed by atoms with Crippen molar-refractivity contribution in [2.24, 2.45) is 10.8 Å². The number of ether oxygens (including phenoxy) is 3. The third kappa shape index (κ3) is 11.0. The summed E-state index contributed by atoms with van der Waals surface area (Å²) in [5, 5.41) is 0. The van der Waals surface area contributed by atoms with E-state index in [1.54, 1.807) is 6.92 Å². The van der Waals surface area contributed by atoms with Gasteiger partial charge in [-0.1, -0.05) is 27.7 Å². The van der Waals surface area contributed by atoms with Gasteiger partial charge in [0.15, 0.2) is 0 Å². The average Bonchev–Trinajstić information content (AvgIpc) is 2.81. The van der Waals surface area contributed by atoms with Gasteiger partial charge in [-0.05, 0) is 60.5 Å². The third-order valence-electron chi connectivity index (χ3n) is 7.60. The van der Waals surface area contributed by atoms with Gasteiger partial charge in [-0.3, -0.25) is 9.59 Å². The topological polar surface area (TPSA) is 65.1 Å². The standard InChI is InChI=1S/C27H55N2O5/c1-12-25(5,13-2)23(30)33-21-26(6,22-34-27(7,14-3)15-4)24(31)32-20-16-18-29(10,11)19-17-28(8)9/h12-22H2,1-11H3/q+1. The van der Waals surface area contributed by atoms with E-state index in [1.165, 1.54) is 0 Å². The zero-order chi connectivity index (χ0) is 26.6. The summed E-state index contributed by atoms with van der Waals surface area (Å²) in [4.78, 5) is 28.1. The van der Waals surface area contributed by atoms with Crippen LogP contribution in [0.2, 0.25) is 0 Å². The maximum Gasteiger partial charge on any atom is 0.317 e. The molecule has 7 heteroatoms. The van der Waals surface area contributed by atoms with E-state index in [4.69, 9.17) is 14.2 Å². The Labute approximate surface area is 210 Å². The Bertz CT molecular complexity index is 612. The highest BCUT2D eigenvalue weighted by molar-refractivity contribution is 5.79. The van der Waals surface area contributed by atoms with Crippen molar-refractivity contribution in [2.75, 3.05) is 67.6 Å². The predicted molar refractivity (Wildman–Crippen MR) is 139 cm³/mol. The van der Waals surface area contributed by atoms with Gasteiger partial charge in [0, 0.05) is 13.0 Å². The van der Waals surface area contributed by atoms with Gasteiger partial charge < -0.3 is 23.6 Å². The van der Waals surface area contributed by atoms with E-state index in [-0.39, 0.29) is 30.8 Å². The Morgan fingerprint density at radius 2 is 1.29 bits per heavy atom. The smallest absolute Gasteiger partial charge is 0.317 e. The summed E-state index contributed by atoms with van der Waals surface area (Å²) in [6.07, 6.45) is 3.81. The van der Waals surface area contributed by atoms with Crippen molar-refractivity contribution >= 4 is 11.9 Å². The minimum Gasteiger partial charge on any atom is -0.465 e. The first-order valence-electron chi connectivity index (χ1n) is 13.1. The summed E-state index contributed by atoms with van der Waals surface area (Å²) in [5.41, 5.74) is -1.94. The van der Waals surface area contributed by atoms with Gasteiger partial charge in [0.1, 0.15) is 12.0 Å². The van der Waals surface area contributed by atoms with Crippen LogP contribution in [0.4, 0.5) is 0 Å². The first-order chi connectivity index (χ1) is 15.6. The van der Waals surface area contributed by atoms with Gasteiger partial charge in [-0.25, -0.2) is 0 Å². The van der Waals surface area contributed by atoms with Crippen LogP contribution >= 0.6 is 0 Å². The van der Waals surface area contributed by atoms with E-state index < -0.39 is 10.8 Å². The van der Waals surface area contributed by atoms with E-state index in [2.05, 4.69) is 46.9 Å². The Kier molecular flexibility index (Phi) is 13.9. The van der Waals surface area contributed by atoms with Gasteiger partial charge in [-0.15, -0.1) is 0 Å². The number of hydrogen-bond donors (Lipinski definition) is 0. The molecule has 202 valence electrons. The molecule has 0 heterocycles. The maximum absolute atomic E-state index is 13.2. The Morgan fingerprint density at radius 1 is 0.765 bits per heavy atom. The van der Waals surface area contributed by atoms with Crippen LogP contribution in [0.5, 0.6) is 0 Å². The number of quaternary nitrogens is 1. The highest BCUT2D eigenvalue weighted by Gasteiger charge is 2.41. The van der Waals surface area contributed by atoms with Gasteiger partial charge >= 0.3 is 11.9 Å². The number of rotatable bonds is 18. The fourth-order valence-corrected chi connectivity index (χ4v) is 3.30. The highest BCUT2D eigenvalue weighted by atomic mass is 16.6. The minimum absolute atomic E-state index is 0.0475. The number of likely N-dealkylation sites (N-methyl/N-ethyl adjacent to an activating group) is 2. The molecule has 0 N–H and O–H groups in total. The van der Waals surface area contributed by atoms with Gasteiger partial charge in [0.2, 0.25) is 0 Å². The molecule has 7 nitrogen and oxygen atoms in total. The van der Waals surface area contributed by atoms with Crippen molar-refractivity contribution in [3.05, 3.63) is 0 Å². The molecule has 0 fully saturated rings. The first-order valence-corrected chi connectivity index (χ1v) is 13.1. The quantitative estimate of drug-likeness (QED) is 0.161. The number of hydrogen-bond acceptors (Lipinski definition) is 6. The van der Waals surface area contributed by atoms with Gasteiger partial charge in [0.25, 0.3) is 0 Å². The molecule has 0 amide bonds. The van der Waals surface area contributed by atoms with Crippen LogP contribution in [0.15, 0.2) is 0 Å². The maximum atomic E-state index is 13.2. The van der Waals surface area contributed by atoms with E-state index in [0.29, 0.717) is 19.4 Å². The zero-order valence-electron chi connectivity index (χ0n) is 24.2. The molecule has 0 aliphatic heterocycles. The molecule has 1 atom stereocenters. The lowest BCUT2D eigenvalue weighted by Crippen LogP contribution is -2.46. The number of carbonyl (C=O) groups is 2. The van der Waals surface area contributed by atoms with Crippen LogP contribution in [0.1, 0.15) is 80.6 Å². The average molecular weight is 488 g/mol. The molecule has 34 heavy (non-hydrogen) atoms. The van der Waals surface area contributed by atoms with Crippen molar-refractivity contribution in [3.8, 4) is 0 Å². The summed E-state index contributed by atoms with van der Waals surface area (Å²) < 4.78 is 18.5. The molecule has 0 bridgehead atoms. The molecule has 0 aromatic rings.